The first kappa shape index (κ1) is 14.7. The Hall–Kier alpha value is -2.71. The summed E-state index contributed by atoms with van der Waals surface area (Å²) in [4.78, 5) is 16.9. The molecule has 1 heterocycles. The Morgan fingerprint density at radius 3 is 2.43 bits per heavy atom. The monoisotopic (exact) mass is 295 g/mol. The molecule has 0 radical (unpaired) electrons. The number of hydrogen-bond acceptors (Lipinski definition) is 3. The van der Waals surface area contributed by atoms with Gasteiger partial charge >= 0.3 is 0 Å². The van der Waals surface area contributed by atoms with Gasteiger partial charge in [0, 0.05) is 0 Å². The number of nitrogens with one attached hydrogen (secondary N) is 2. The number of H-pyrrole nitrogens is 2. The smallest absolute Gasteiger partial charge is 0.270 e. The van der Waals surface area contributed by atoms with Crippen LogP contribution in [0.2, 0.25) is 0 Å². The molecule has 5 heteroatoms. The molecule has 0 aliphatic rings. The summed E-state index contributed by atoms with van der Waals surface area (Å²) in [5.41, 5.74) is 1.98. The molecule has 0 bridgehead atoms. The largest absolute Gasteiger partial charge is 0.331 e. The van der Waals surface area contributed by atoms with E-state index in [2.05, 4.69) is 9.97 Å². The number of aromatic nitrogens is 2. The highest BCUT2D eigenvalue weighted by molar-refractivity contribution is 7.71. The van der Waals surface area contributed by atoms with Crippen LogP contribution < -0.4 is 5.56 Å². The van der Waals surface area contributed by atoms with Gasteiger partial charge in [-0.05, 0) is 36.3 Å². The topological polar surface area (TPSA) is 72.4 Å². The summed E-state index contributed by atoms with van der Waals surface area (Å²) < 4.78 is 0.195. The normalized spacial score (nSPS) is 11.0. The van der Waals surface area contributed by atoms with Gasteiger partial charge in [-0.25, -0.2) is 0 Å². The van der Waals surface area contributed by atoms with Crippen molar-refractivity contribution in [1.29, 1.82) is 5.26 Å². The van der Waals surface area contributed by atoms with Gasteiger partial charge in [-0.2, -0.15) is 5.26 Å². The van der Waals surface area contributed by atoms with E-state index in [4.69, 9.17) is 17.5 Å². The van der Waals surface area contributed by atoms with E-state index >= 15 is 0 Å². The first-order chi connectivity index (χ1) is 10.2. The number of allylic oxidation sites excluding steroid dienone is 1. The third-order valence-electron chi connectivity index (χ3n) is 2.86. The number of aromatic amines is 2. The van der Waals surface area contributed by atoms with Crippen LogP contribution in [0.4, 0.5) is 0 Å². The number of nitrogens with zero attached hydrogens (tertiary/aromatic N) is 1. The lowest BCUT2D eigenvalue weighted by molar-refractivity contribution is 1.06. The molecule has 1 aromatic heterocycles. The van der Waals surface area contributed by atoms with E-state index in [1.54, 1.807) is 6.08 Å². The predicted molar refractivity (Wildman–Crippen MR) is 87.0 cm³/mol. The zero-order valence-electron chi connectivity index (χ0n) is 11.4. The fourth-order valence-corrected chi connectivity index (χ4v) is 2.11. The van der Waals surface area contributed by atoms with Crippen molar-refractivity contribution in [3.8, 4) is 6.07 Å². The second-order valence-corrected chi connectivity index (χ2v) is 4.68. The minimum Gasteiger partial charge on any atom is -0.331 e. The minimum atomic E-state index is -0.484. The molecule has 0 aliphatic heterocycles. The Kier molecular flexibility index (Phi) is 4.64. The van der Waals surface area contributed by atoms with Crippen LogP contribution in [0.5, 0.6) is 0 Å². The van der Waals surface area contributed by atoms with Crippen molar-refractivity contribution in [2.75, 3.05) is 0 Å². The second-order valence-electron chi connectivity index (χ2n) is 4.27. The molecular weight excluding hydrogens is 282 g/mol. The standard InChI is InChI=1S/C16H13N3OS/c1-2-5-11-6-3-4-7-12(11)8-9-14-13(10-17)15(20)19-16(21)18-14/h2-9H,1H3,(H2,18,19,20,21)/b5-2+,9-8+. The Balaban J connectivity index is 2.51. The van der Waals surface area contributed by atoms with E-state index in [0.717, 1.165) is 11.1 Å². The molecule has 0 spiro atoms. The van der Waals surface area contributed by atoms with E-state index in [1.807, 2.05) is 55.5 Å². The summed E-state index contributed by atoms with van der Waals surface area (Å²) in [6.07, 6.45) is 7.47. The van der Waals surface area contributed by atoms with Gasteiger partial charge in [0.25, 0.3) is 5.56 Å². The zero-order chi connectivity index (χ0) is 15.2. The molecule has 2 N–H and O–H groups in total. The van der Waals surface area contributed by atoms with Gasteiger partial charge in [0.2, 0.25) is 0 Å². The van der Waals surface area contributed by atoms with Gasteiger partial charge in [0.05, 0.1) is 5.69 Å². The Labute approximate surface area is 127 Å². The molecule has 1 aromatic carbocycles. The maximum Gasteiger partial charge on any atom is 0.270 e. The van der Waals surface area contributed by atoms with E-state index in [-0.39, 0.29) is 10.3 Å². The summed E-state index contributed by atoms with van der Waals surface area (Å²) in [5, 5.41) is 9.06. The molecule has 0 aliphatic carbocycles. The fourth-order valence-electron chi connectivity index (χ4n) is 1.91. The summed E-state index contributed by atoms with van der Waals surface area (Å²) in [6, 6.07) is 9.71. The van der Waals surface area contributed by atoms with Crippen LogP contribution >= 0.6 is 12.2 Å². The molecular formula is C16H13N3OS. The second kappa shape index (κ2) is 6.64. The van der Waals surface area contributed by atoms with Crippen LogP contribution in [0.25, 0.3) is 18.2 Å². The van der Waals surface area contributed by atoms with Crippen LogP contribution in [0.15, 0.2) is 35.1 Å². The minimum absolute atomic E-state index is 0.0170. The van der Waals surface area contributed by atoms with Crippen LogP contribution in [-0.2, 0) is 0 Å². The average Bonchev–Trinajstić information content (AvgIpc) is 2.46. The SMILES string of the molecule is C/C=C/c1ccccc1/C=C/c1[nH]c(=S)[nH]c(=O)c1C#N. The maximum absolute atomic E-state index is 11.7. The van der Waals surface area contributed by atoms with E-state index in [9.17, 15) is 4.79 Å². The van der Waals surface area contributed by atoms with Gasteiger partial charge < -0.3 is 4.98 Å². The quantitative estimate of drug-likeness (QED) is 0.851. The van der Waals surface area contributed by atoms with Crippen molar-refractivity contribution in [3.05, 3.63) is 67.9 Å². The first-order valence-electron chi connectivity index (χ1n) is 6.32. The molecule has 0 unspecified atom stereocenters. The molecule has 2 rings (SSSR count). The molecule has 0 fully saturated rings. The number of rotatable bonds is 3. The van der Waals surface area contributed by atoms with Gasteiger partial charge in [0.1, 0.15) is 11.6 Å². The predicted octanol–water partition coefficient (Wildman–Crippen LogP) is 3.51. The number of nitriles is 1. The van der Waals surface area contributed by atoms with Crippen LogP contribution in [0.1, 0.15) is 29.3 Å². The van der Waals surface area contributed by atoms with Gasteiger partial charge in [0.15, 0.2) is 4.77 Å². The van der Waals surface area contributed by atoms with Crippen molar-refractivity contribution >= 4 is 30.4 Å². The Bertz CT molecular complexity index is 866. The maximum atomic E-state index is 11.7. The van der Waals surface area contributed by atoms with E-state index < -0.39 is 5.56 Å². The average molecular weight is 295 g/mol. The molecule has 4 nitrogen and oxygen atoms in total. The molecule has 104 valence electrons. The Morgan fingerprint density at radius 2 is 1.81 bits per heavy atom. The fraction of sp³-hybridized carbons (Fsp3) is 0.0625. The molecule has 21 heavy (non-hydrogen) atoms. The molecule has 0 amide bonds. The van der Waals surface area contributed by atoms with Crippen molar-refractivity contribution in [1.82, 2.24) is 9.97 Å². The highest BCUT2D eigenvalue weighted by Crippen LogP contribution is 2.14. The van der Waals surface area contributed by atoms with Crippen molar-refractivity contribution < 1.29 is 0 Å². The lowest BCUT2D eigenvalue weighted by Gasteiger charge is -2.01. The summed E-state index contributed by atoms with van der Waals surface area (Å²) in [6.45, 7) is 1.95. The van der Waals surface area contributed by atoms with Crippen molar-refractivity contribution in [3.63, 3.8) is 0 Å². The highest BCUT2D eigenvalue weighted by atomic mass is 32.1. The lowest BCUT2D eigenvalue weighted by Crippen LogP contribution is -2.13. The van der Waals surface area contributed by atoms with Gasteiger partial charge in [-0.15, -0.1) is 0 Å². The van der Waals surface area contributed by atoms with Crippen molar-refractivity contribution in [2.45, 2.75) is 6.92 Å². The van der Waals surface area contributed by atoms with E-state index in [0.29, 0.717) is 5.69 Å². The van der Waals surface area contributed by atoms with Crippen molar-refractivity contribution in [2.24, 2.45) is 0 Å². The third-order valence-corrected chi connectivity index (χ3v) is 3.06. The number of hydrogen-bond donors (Lipinski definition) is 2. The summed E-state index contributed by atoms with van der Waals surface area (Å²) in [7, 11) is 0. The highest BCUT2D eigenvalue weighted by Gasteiger charge is 2.04. The zero-order valence-corrected chi connectivity index (χ0v) is 12.2. The van der Waals surface area contributed by atoms with Gasteiger partial charge in [-0.1, -0.05) is 42.5 Å². The lowest BCUT2D eigenvalue weighted by atomic mass is 10.1. The molecule has 2 aromatic rings. The number of benzene rings is 1. The molecule has 0 saturated heterocycles. The van der Waals surface area contributed by atoms with Gasteiger partial charge in [-0.3, -0.25) is 9.78 Å². The third kappa shape index (κ3) is 3.44. The summed E-state index contributed by atoms with van der Waals surface area (Å²) in [5.74, 6) is 0. The molecule has 0 saturated carbocycles. The van der Waals surface area contributed by atoms with Crippen LogP contribution in [0, 0.1) is 16.1 Å². The van der Waals surface area contributed by atoms with E-state index in [1.165, 1.54) is 0 Å². The Morgan fingerprint density at radius 1 is 1.14 bits per heavy atom. The summed E-state index contributed by atoms with van der Waals surface area (Å²) >= 11 is 4.93. The first-order valence-corrected chi connectivity index (χ1v) is 6.73. The van der Waals surface area contributed by atoms with Crippen LogP contribution in [0.3, 0.4) is 0 Å². The van der Waals surface area contributed by atoms with Crippen LogP contribution in [-0.4, -0.2) is 9.97 Å². The molecule has 0 atom stereocenters.